The summed E-state index contributed by atoms with van der Waals surface area (Å²) in [6, 6.07) is 53.3. The quantitative estimate of drug-likeness (QED) is 0.184. The van der Waals surface area contributed by atoms with Crippen LogP contribution in [0.3, 0.4) is 0 Å². The van der Waals surface area contributed by atoms with Crippen LogP contribution in [0.25, 0.3) is 93.1 Å². The lowest BCUT2D eigenvalue weighted by Gasteiger charge is -2.15. The van der Waals surface area contributed by atoms with E-state index in [1.54, 1.807) is 0 Å². The van der Waals surface area contributed by atoms with Crippen molar-refractivity contribution in [2.45, 2.75) is 0 Å². The SMILES string of the molecule is N#Cc1ccc2c(c1)c1cc(-c3cccc(-c4nc5c6ccccc6c6ccccc6c5c5ccncc45)c3)ccc1n2-c1ccccc1. The summed E-state index contributed by atoms with van der Waals surface area (Å²) in [6.07, 6.45) is 3.83. The Balaban J connectivity index is 1.21. The number of rotatable bonds is 3. The number of pyridine rings is 2. The monoisotopic (exact) mass is 622 g/mol. The molecular formula is C45H26N4. The number of aromatic nitrogens is 3. The van der Waals surface area contributed by atoms with E-state index in [1.165, 1.54) is 16.2 Å². The van der Waals surface area contributed by atoms with Crippen molar-refractivity contribution in [3.05, 3.63) is 164 Å². The van der Waals surface area contributed by atoms with Gasteiger partial charge in [0.2, 0.25) is 0 Å². The highest BCUT2D eigenvalue weighted by Crippen LogP contribution is 2.41. The van der Waals surface area contributed by atoms with Crippen LogP contribution < -0.4 is 0 Å². The molecule has 0 aliphatic heterocycles. The van der Waals surface area contributed by atoms with Crippen molar-refractivity contribution in [2.75, 3.05) is 0 Å². The average molecular weight is 623 g/mol. The van der Waals surface area contributed by atoms with Gasteiger partial charge in [0.05, 0.1) is 33.9 Å². The fourth-order valence-corrected chi connectivity index (χ4v) is 7.68. The summed E-state index contributed by atoms with van der Waals surface area (Å²) >= 11 is 0. The summed E-state index contributed by atoms with van der Waals surface area (Å²) in [7, 11) is 0. The van der Waals surface area contributed by atoms with Gasteiger partial charge >= 0.3 is 0 Å². The average Bonchev–Trinajstić information content (AvgIpc) is 3.50. The van der Waals surface area contributed by atoms with E-state index in [4.69, 9.17) is 4.98 Å². The van der Waals surface area contributed by atoms with Gasteiger partial charge in [-0.3, -0.25) is 4.98 Å². The van der Waals surface area contributed by atoms with Crippen molar-refractivity contribution in [1.82, 2.24) is 14.5 Å². The Kier molecular flexibility index (Phi) is 5.90. The molecule has 0 N–H and O–H groups in total. The Morgan fingerprint density at radius 1 is 0.490 bits per heavy atom. The van der Waals surface area contributed by atoms with Crippen LogP contribution in [0.4, 0.5) is 0 Å². The van der Waals surface area contributed by atoms with Crippen LogP contribution >= 0.6 is 0 Å². The van der Waals surface area contributed by atoms with Crippen LogP contribution in [0.2, 0.25) is 0 Å². The summed E-state index contributed by atoms with van der Waals surface area (Å²) in [6.45, 7) is 0. The minimum Gasteiger partial charge on any atom is -0.309 e. The van der Waals surface area contributed by atoms with Crippen LogP contribution in [-0.2, 0) is 0 Å². The molecule has 0 radical (unpaired) electrons. The fourth-order valence-electron chi connectivity index (χ4n) is 7.68. The Hall–Kier alpha value is -6.83. The molecule has 0 unspecified atom stereocenters. The molecule has 0 atom stereocenters. The van der Waals surface area contributed by atoms with Gasteiger partial charge in [0, 0.05) is 50.6 Å². The third-order valence-electron chi connectivity index (χ3n) is 9.85. The van der Waals surface area contributed by atoms with Crippen molar-refractivity contribution >= 4 is 65.0 Å². The zero-order chi connectivity index (χ0) is 32.5. The van der Waals surface area contributed by atoms with Crippen LogP contribution in [-0.4, -0.2) is 14.5 Å². The molecule has 3 heterocycles. The van der Waals surface area contributed by atoms with Crippen LogP contribution in [0.5, 0.6) is 0 Å². The number of para-hydroxylation sites is 1. The molecule has 0 aliphatic carbocycles. The largest absolute Gasteiger partial charge is 0.309 e. The topological polar surface area (TPSA) is 54.5 Å². The molecule has 4 heteroatoms. The van der Waals surface area contributed by atoms with E-state index in [9.17, 15) is 5.26 Å². The Morgan fingerprint density at radius 2 is 1.14 bits per heavy atom. The summed E-state index contributed by atoms with van der Waals surface area (Å²) in [5, 5.41) is 20.0. The predicted octanol–water partition coefficient (Wildman–Crippen LogP) is 11.4. The minimum absolute atomic E-state index is 0.648. The van der Waals surface area contributed by atoms with Crippen LogP contribution in [0.15, 0.2) is 158 Å². The van der Waals surface area contributed by atoms with Crippen molar-refractivity contribution in [3.63, 3.8) is 0 Å². The lowest BCUT2D eigenvalue weighted by molar-refractivity contribution is 1.18. The maximum Gasteiger partial charge on any atom is 0.0991 e. The summed E-state index contributed by atoms with van der Waals surface area (Å²) < 4.78 is 2.28. The molecule has 0 aliphatic rings. The van der Waals surface area contributed by atoms with E-state index < -0.39 is 0 Å². The predicted molar refractivity (Wildman–Crippen MR) is 202 cm³/mol. The van der Waals surface area contributed by atoms with Crippen molar-refractivity contribution in [1.29, 1.82) is 5.26 Å². The number of hydrogen-bond donors (Lipinski definition) is 0. The second-order valence-corrected chi connectivity index (χ2v) is 12.5. The summed E-state index contributed by atoms with van der Waals surface area (Å²) in [5.41, 5.74) is 9.06. The molecule has 226 valence electrons. The van der Waals surface area contributed by atoms with Gasteiger partial charge in [-0.1, -0.05) is 91.0 Å². The molecule has 4 nitrogen and oxygen atoms in total. The normalized spacial score (nSPS) is 11.7. The van der Waals surface area contributed by atoms with Gasteiger partial charge < -0.3 is 4.57 Å². The fraction of sp³-hybridized carbons (Fsp3) is 0. The number of nitriles is 1. The van der Waals surface area contributed by atoms with Gasteiger partial charge in [0.25, 0.3) is 0 Å². The maximum absolute atomic E-state index is 9.75. The second kappa shape index (κ2) is 10.6. The van der Waals surface area contributed by atoms with Gasteiger partial charge in [0.1, 0.15) is 0 Å². The molecule has 10 rings (SSSR count). The molecule has 3 aromatic heterocycles. The Morgan fingerprint density at radius 3 is 1.96 bits per heavy atom. The van der Waals surface area contributed by atoms with Crippen molar-refractivity contribution in [2.24, 2.45) is 0 Å². The first-order chi connectivity index (χ1) is 24.3. The number of hydrogen-bond acceptors (Lipinski definition) is 3. The standard InChI is InChI=1S/C45H26N4/c46-26-28-17-19-41-38(23-28)39-25-30(18-20-42(39)49(41)32-11-2-1-3-12-32)29-9-8-10-31(24-29)44-40-27-47-22-21-36(40)43-35-15-6-4-13-33(35)34-14-5-7-16-37(34)45(43)48-44/h1-25,27H. The van der Waals surface area contributed by atoms with E-state index in [1.807, 2.05) is 30.6 Å². The molecule has 0 spiro atoms. The molecule has 0 bridgehead atoms. The number of nitrogens with zero attached hydrogens (tertiary/aromatic N) is 4. The van der Waals surface area contributed by atoms with E-state index >= 15 is 0 Å². The molecule has 0 amide bonds. The van der Waals surface area contributed by atoms with E-state index in [0.29, 0.717) is 5.56 Å². The smallest absolute Gasteiger partial charge is 0.0991 e. The molecule has 10 aromatic rings. The van der Waals surface area contributed by atoms with Gasteiger partial charge in [0.15, 0.2) is 0 Å². The highest BCUT2D eigenvalue weighted by Gasteiger charge is 2.18. The molecule has 49 heavy (non-hydrogen) atoms. The lowest BCUT2D eigenvalue weighted by atomic mass is 9.92. The van der Waals surface area contributed by atoms with Crippen molar-refractivity contribution in [3.8, 4) is 34.1 Å². The number of benzene rings is 7. The second-order valence-electron chi connectivity index (χ2n) is 12.5. The van der Waals surface area contributed by atoms with E-state index in [2.05, 4.69) is 143 Å². The summed E-state index contributed by atoms with van der Waals surface area (Å²) in [5.74, 6) is 0. The zero-order valence-electron chi connectivity index (χ0n) is 26.3. The van der Waals surface area contributed by atoms with Crippen LogP contribution in [0.1, 0.15) is 5.56 Å². The van der Waals surface area contributed by atoms with Gasteiger partial charge in [-0.15, -0.1) is 0 Å². The Labute approximate surface area is 281 Å². The first-order valence-corrected chi connectivity index (χ1v) is 16.4. The Bertz CT molecular complexity index is 3000. The highest BCUT2D eigenvalue weighted by molar-refractivity contribution is 6.31. The summed E-state index contributed by atoms with van der Waals surface area (Å²) in [4.78, 5) is 10.0. The zero-order valence-corrected chi connectivity index (χ0v) is 26.3. The number of fused-ring (bicyclic) bond motifs is 11. The van der Waals surface area contributed by atoms with E-state index in [0.717, 1.165) is 76.9 Å². The first-order valence-electron chi connectivity index (χ1n) is 16.4. The third-order valence-corrected chi connectivity index (χ3v) is 9.85. The van der Waals surface area contributed by atoms with E-state index in [-0.39, 0.29) is 0 Å². The molecule has 0 fully saturated rings. The third kappa shape index (κ3) is 4.10. The molecular weight excluding hydrogens is 597 g/mol. The van der Waals surface area contributed by atoms with Gasteiger partial charge in [-0.2, -0.15) is 5.26 Å². The van der Waals surface area contributed by atoms with Gasteiger partial charge in [-0.05, 0) is 87.3 Å². The lowest BCUT2D eigenvalue weighted by Crippen LogP contribution is -1.94. The minimum atomic E-state index is 0.648. The highest BCUT2D eigenvalue weighted by atomic mass is 15.0. The van der Waals surface area contributed by atoms with Crippen molar-refractivity contribution < 1.29 is 0 Å². The molecule has 0 saturated carbocycles. The first kappa shape index (κ1) is 27.3. The molecule has 0 saturated heterocycles. The van der Waals surface area contributed by atoms with Crippen LogP contribution in [0, 0.1) is 11.3 Å². The van der Waals surface area contributed by atoms with Gasteiger partial charge in [-0.25, -0.2) is 4.98 Å². The molecule has 7 aromatic carbocycles. The maximum atomic E-state index is 9.75.